The third-order valence-corrected chi connectivity index (χ3v) is 4.68. The van der Waals surface area contributed by atoms with E-state index in [2.05, 4.69) is 20.5 Å². The van der Waals surface area contributed by atoms with Gasteiger partial charge in [-0.05, 0) is 30.7 Å². The van der Waals surface area contributed by atoms with Crippen molar-refractivity contribution in [2.75, 3.05) is 13.1 Å². The van der Waals surface area contributed by atoms with Crippen LogP contribution in [0.15, 0.2) is 35.0 Å². The summed E-state index contributed by atoms with van der Waals surface area (Å²) in [6.07, 6.45) is 3.29. The minimum atomic E-state index is -0.00556. The Bertz CT molecular complexity index is 919. The van der Waals surface area contributed by atoms with Crippen LogP contribution in [0.1, 0.15) is 35.6 Å². The van der Waals surface area contributed by atoms with Gasteiger partial charge in [0, 0.05) is 30.1 Å². The summed E-state index contributed by atoms with van der Waals surface area (Å²) in [5, 5.41) is 12.8. The van der Waals surface area contributed by atoms with Gasteiger partial charge in [-0.25, -0.2) is 4.68 Å². The highest BCUT2D eigenvalue weighted by molar-refractivity contribution is 6.30. The van der Waals surface area contributed by atoms with Crippen molar-refractivity contribution in [3.05, 3.63) is 46.9 Å². The molecular formula is C17H17ClN6O2. The first-order chi connectivity index (χ1) is 12.6. The van der Waals surface area contributed by atoms with Gasteiger partial charge in [0.2, 0.25) is 0 Å². The fourth-order valence-corrected chi connectivity index (χ4v) is 3.10. The number of rotatable bonds is 4. The highest BCUT2D eigenvalue weighted by Crippen LogP contribution is 2.24. The molecule has 1 aliphatic heterocycles. The van der Waals surface area contributed by atoms with Crippen LogP contribution in [0.3, 0.4) is 0 Å². The summed E-state index contributed by atoms with van der Waals surface area (Å²) in [5.74, 6) is 0.990. The van der Waals surface area contributed by atoms with Gasteiger partial charge < -0.3 is 9.42 Å². The van der Waals surface area contributed by atoms with Crippen molar-refractivity contribution in [3.63, 3.8) is 0 Å². The van der Waals surface area contributed by atoms with E-state index in [4.69, 9.17) is 16.1 Å². The summed E-state index contributed by atoms with van der Waals surface area (Å²) in [6, 6.07) is 7.00. The van der Waals surface area contributed by atoms with Crippen LogP contribution in [0, 0.1) is 0 Å². The van der Waals surface area contributed by atoms with Gasteiger partial charge in [0.1, 0.15) is 0 Å². The Morgan fingerprint density at radius 3 is 2.88 bits per heavy atom. The molecule has 0 radical (unpaired) electrons. The van der Waals surface area contributed by atoms with Gasteiger partial charge in [0.05, 0.1) is 12.2 Å². The Morgan fingerprint density at radius 2 is 2.15 bits per heavy atom. The molecule has 0 N–H and O–H groups in total. The molecule has 0 aliphatic carbocycles. The first-order valence-electron chi connectivity index (χ1n) is 8.43. The normalized spacial score (nSPS) is 17.0. The van der Waals surface area contributed by atoms with E-state index in [1.54, 1.807) is 35.1 Å². The summed E-state index contributed by atoms with van der Waals surface area (Å²) in [6.45, 7) is 3.20. The Hall–Kier alpha value is -2.74. The van der Waals surface area contributed by atoms with E-state index in [9.17, 15) is 4.79 Å². The molecule has 1 amide bonds. The molecule has 9 heteroatoms. The smallest absolute Gasteiger partial charge is 0.280 e. The molecule has 0 saturated carbocycles. The third kappa shape index (κ3) is 3.20. The number of hydrogen-bond acceptors (Lipinski definition) is 6. The molecule has 4 rings (SSSR count). The van der Waals surface area contributed by atoms with E-state index in [1.165, 1.54) is 0 Å². The van der Waals surface area contributed by atoms with E-state index in [0.29, 0.717) is 47.5 Å². The van der Waals surface area contributed by atoms with Gasteiger partial charge in [-0.15, -0.1) is 5.10 Å². The molecule has 3 heterocycles. The SMILES string of the molecule is CCc1noc(-c2cn([C@@H]3CCN(C(=O)c4ccc(Cl)cc4)C3)nn2)n1. The fourth-order valence-electron chi connectivity index (χ4n) is 2.97. The highest BCUT2D eigenvalue weighted by atomic mass is 35.5. The molecule has 0 spiro atoms. The Balaban J connectivity index is 1.45. The lowest BCUT2D eigenvalue weighted by Gasteiger charge is -2.16. The van der Waals surface area contributed by atoms with Gasteiger partial charge in [-0.1, -0.05) is 28.9 Å². The molecule has 2 aromatic heterocycles. The number of likely N-dealkylation sites (tertiary alicyclic amines) is 1. The summed E-state index contributed by atoms with van der Waals surface area (Å²) in [4.78, 5) is 18.7. The van der Waals surface area contributed by atoms with Crippen molar-refractivity contribution in [3.8, 4) is 11.6 Å². The number of hydrogen-bond donors (Lipinski definition) is 0. The van der Waals surface area contributed by atoms with Crippen LogP contribution in [0.2, 0.25) is 5.02 Å². The van der Waals surface area contributed by atoms with Gasteiger partial charge in [-0.2, -0.15) is 4.98 Å². The van der Waals surface area contributed by atoms with E-state index in [-0.39, 0.29) is 11.9 Å². The molecule has 1 aromatic carbocycles. The molecule has 26 heavy (non-hydrogen) atoms. The largest absolute Gasteiger partial charge is 0.336 e. The number of halogens is 1. The van der Waals surface area contributed by atoms with E-state index in [1.807, 2.05) is 11.8 Å². The maximum Gasteiger partial charge on any atom is 0.280 e. The predicted octanol–water partition coefficient (Wildman–Crippen LogP) is 2.63. The second kappa shape index (κ2) is 6.87. The topological polar surface area (TPSA) is 89.9 Å². The summed E-state index contributed by atoms with van der Waals surface area (Å²) >= 11 is 5.88. The van der Waals surface area contributed by atoms with Gasteiger partial charge >= 0.3 is 0 Å². The molecule has 0 unspecified atom stereocenters. The zero-order chi connectivity index (χ0) is 18.1. The second-order valence-electron chi connectivity index (χ2n) is 6.15. The number of carbonyl (C=O) groups is 1. The number of aryl methyl sites for hydroxylation is 1. The summed E-state index contributed by atoms with van der Waals surface area (Å²) < 4.78 is 6.96. The Labute approximate surface area is 154 Å². The first kappa shape index (κ1) is 16.7. The maximum atomic E-state index is 12.6. The van der Waals surface area contributed by atoms with Crippen LogP contribution in [0.4, 0.5) is 0 Å². The minimum Gasteiger partial charge on any atom is -0.336 e. The molecule has 134 valence electrons. The van der Waals surface area contributed by atoms with Gasteiger partial charge in [-0.3, -0.25) is 4.79 Å². The molecule has 3 aromatic rings. The predicted molar refractivity (Wildman–Crippen MR) is 93.7 cm³/mol. The molecule has 1 aliphatic rings. The van der Waals surface area contributed by atoms with Crippen LogP contribution >= 0.6 is 11.6 Å². The molecule has 1 atom stereocenters. The molecular weight excluding hydrogens is 356 g/mol. The van der Waals surface area contributed by atoms with Crippen molar-refractivity contribution >= 4 is 17.5 Å². The highest BCUT2D eigenvalue weighted by Gasteiger charge is 2.29. The van der Waals surface area contributed by atoms with Crippen molar-refractivity contribution < 1.29 is 9.32 Å². The quantitative estimate of drug-likeness (QED) is 0.699. The lowest BCUT2D eigenvalue weighted by atomic mass is 10.2. The van der Waals surface area contributed by atoms with Crippen LogP contribution in [0.5, 0.6) is 0 Å². The summed E-state index contributed by atoms with van der Waals surface area (Å²) in [5.41, 5.74) is 1.17. The van der Waals surface area contributed by atoms with E-state index < -0.39 is 0 Å². The average molecular weight is 373 g/mol. The zero-order valence-corrected chi connectivity index (χ0v) is 14.9. The molecule has 1 saturated heterocycles. The van der Waals surface area contributed by atoms with Gasteiger partial charge in [0.25, 0.3) is 11.8 Å². The van der Waals surface area contributed by atoms with Crippen LogP contribution in [0.25, 0.3) is 11.6 Å². The lowest BCUT2D eigenvalue weighted by Crippen LogP contribution is -2.29. The minimum absolute atomic E-state index is 0.00556. The maximum absolute atomic E-state index is 12.6. The van der Waals surface area contributed by atoms with Crippen molar-refractivity contribution in [1.29, 1.82) is 0 Å². The Kier molecular flexibility index (Phi) is 4.42. The first-order valence-corrected chi connectivity index (χ1v) is 8.81. The average Bonchev–Trinajstić information content (AvgIpc) is 3.40. The fraction of sp³-hybridized carbons (Fsp3) is 0.353. The molecule has 0 bridgehead atoms. The lowest BCUT2D eigenvalue weighted by molar-refractivity contribution is 0.0787. The van der Waals surface area contributed by atoms with Gasteiger partial charge in [0.15, 0.2) is 11.5 Å². The van der Waals surface area contributed by atoms with Crippen LogP contribution < -0.4 is 0 Å². The second-order valence-corrected chi connectivity index (χ2v) is 6.59. The Morgan fingerprint density at radius 1 is 1.35 bits per heavy atom. The van der Waals surface area contributed by atoms with Crippen LogP contribution in [-0.4, -0.2) is 49.0 Å². The van der Waals surface area contributed by atoms with E-state index >= 15 is 0 Å². The number of amides is 1. The monoisotopic (exact) mass is 372 g/mol. The molecule has 1 fully saturated rings. The van der Waals surface area contributed by atoms with Crippen molar-refractivity contribution in [2.45, 2.75) is 25.8 Å². The van der Waals surface area contributed by atoms with Crippen molar-refractivity contribution in [1.82, 2.24) is 30.0 Å². The zero-order valence-electron chi connectivity index (χ0n) is 14.2. The van der Waals surface area contributed by atoms with Crippen LogP contribution in [-0.2, 0) is 6.42 Å². The number of aromatic nitrogens is 5. The third-order valence-electron chi connectivity index (χ3n) is 4.43. The number of benzene rings is 1. The summed E-state index contributed by atoms with van der Waals surface area (Å²) in [7, 11) is 0. The number of nitrogens with zero attached hydrogens (tertiary/aromatic N) is 6. The standard InChI is InChI=1S/C17H17ClN6O2/c1-2-15-19-16(26-21-15)14-10-24(22-20-14)13-7-8-23(9-13)17(25)11-3-5-12(18)6-4-11/h3-6,10,13H,2,7-9H2,1H3/t13-/m1/s1. The number of carbonyl (C=O) groups excluding carboxylic acids is 1. The van der Waals surface area contributed by atoms with E-state index in [0.717, 1.165) is 6.42 Å². The molecule has 8 nitrogen and oxygen atoms in total. The van der Waals surface area contributed by atoms with Crippen molar-refractivity contribution in [2.24, 2.45) is 0 Å².